The topological polar surface area (TPSA) is 94.1 Å². The van der Waals surface area contributed by atoms with E-state index in [4.69, 9.17) is 14.2 Å². The summed E-state index contributed by atoms with van der Waals surface area (Å²) in [5.41, 5.74) is 0.449. The van der Waals surface area contributed by atoms with Crippen LogP contribution in [0.5, 0.6) is 5.75 Å². The highest BCUT2D eigenvalue weighted by Gasteiger charge is 2.30. The molecule has 1 aliphatic heterocycles. The van der Waals surface area contributed by atoms with Gasteiger partial charge in [-0.25, -0.2) is 0 Å². The molecule has 1 heterocycles. The molecule has 1 atom stereocenters. The fraction of sp³-hybridized carbons (Fsp3) is 0.579. The summed E-state index contributed by atoms with van der Waals surface area (Å²) in [6.07, 6.45) is 2.17. The minimum absolute atomic E-state index is 0.0250. The standard InChI is InChI=1S/C19H27NO6/c1-24-8-3-9-26-16-5-2-4-15(12-16)18(21)20-13-17(19(22)23)14-6-10-25-11-7-14/h2,4-5,12,14,17H,3,6-11,13H2,1H3,(H,20,21)(H,22,23). The van der Waals surface area contributed by atoms with Crippen LogP contribution in [-0.4, -0.2) is 57.1 Å². The lowest BCUT2D eigenvalue weighted by atomic mass is 9.86. The van der Waals surface area contributed by atoms with Crippen molar-refractivity contribution in [2.75, 3.05) is 40.1 Å². The molecule has 1 amide bonds. The molecule has 2 rings (SSSR count). The number of methoxy groups -OCH3 is 1. The third kappa shape index (κ3) is 6.31. The maximum atomic E-state index is 12.4. The Morgan fingerprint density at radius 2 is 2.08 bits per heavy atom. The van der Waals surface area contributed by atoms with Crippen LogP contribution in [0.4, 0.5) is 0 Å². The van der Waals surface area contributed by atoms with Gasteiger partial charge in [0.05, 0.1) is 12.5 Å². The maximum absolute atomic E-state index is 12.4. The fourth-order valence-electron chi connectivity index (χ4n) is 3.00. The molecule has 144 valence electrons. The van der Waals surface area contributed by atoms with Gasteiger partial charge in [0.15, 0.2) is 0 Å². The third-order valence-corrected chi connectivity index (χ3v) is 4.49. The number of nitrogens with one attached hydrogen (secondary N) is 1. The summed E-state index contributed by atoms with van der Waals surface area (Å²) in [6, 6.07) is 6.87. The number of aliphatic carboxylic acids is 1. The summed E-state index contributed by atoms with van der Waals surface area (Å²) in [5.74, 6) is -1.15. The molecular formula is C19H27NO6. The number of carboxylic acid groups (broad SMARTS) is 1. The molecule has 1 fully saturated rings. The van der Waals surface area contributed by atoms with Crippen molar-refractivity contribution in [1.82, 2.24) is 5.32 Å². The number of amides is 1. The van der Waals surface area contributed by atoms with E-state index < -0.39 is 11.9 Å². The normalized spacial score (nSPS) is 16.0. The Kier molecular flexibility index (Phi) is 8.37. The Morgan fingerprint density at radius 1 is 1.31 bits per heavy atom. The zero-order chi connectivity index (χ0) is 18.8. The van der Waals surface area contributed by atoms with Crippen LogP contribution in [0.3, 0.4) is 0 Å². The molecule has 0 bridgehead atoms. The summed E-state index contributed by atoms with van der Waals surface area (Å²) in [5, 5.41) is 12.2. The average molecular weight is 365 g/mol. The first kappa shape index (κ1) is 20.2. The van der Waals surface area contributed by atoms with Crippen LogP contribution in [0.25, 0.3) is 0 Å². The van der Waals surface area contributed by atoms with E-state index in [1.165, 1.54) is 0 Å². The SMILES string of the molecule is COCCCOc1cccc(C(=O)NCC(C(=O)O)C2CCOCC2)c1. The molecule has 1 aromatic carbocycles. The smallest absolute Gasteiger partial charge is 0.308 e. The van der Waals surface area contributed by atoms with Crippen LogP contribution in [0.1, 0.15) is 29.6 Å². The van der Waals surface area contributed by atoms with E-state index in [9.17, 15) is 14.7 Å². The summed E-state index contributed by atoms with van der Waals surface area (Å²) >= 11 is 0. The van der Waals surface area contributed by atoms with E-state index in [0.717, 1.165) is 6.42 Å². The summed E-state index contributed by atoms with van der Waals surface area (Å²) in [4.78, 5) is 23.9. The highest BCUT2D eigenvalue weighted by Crippen LogP contribution is 2.24. The van der Waals surface area contributed by atoms with Crippen molar-refractivity contribution in [2.24, 2.45) is 11.8 Å². The van der Waals surface area contributed by atoms with Crippen LogP contribution < -0.4 is 10.1 Å². The molecule has 2 N–H and O–H groups in total. The summed E-state index contributed by atoms with van der Waals surface area (Å²) in [6.45, 7) is 2.38. The van der Waals surface area contributed by atoms with Gasteiger partial charge in [-0.2, -0.15) is 0 Å². The van der Waals surface area contributed by atoms with Crippen molar-refractivity contribution in [2.45, 2.75) is 19.3 Å². The van der Waals surface area contributed by atoms with E-state index in [0.29, 0.717) is 50.6 Å². The van der Waals surface area contributed by atoms with Gasteiger partial charge < -0.3 is 24.6 Å². The van der Waals surface area contributed by atoms with Crippen molar-refractivity contribution in [3.05, 3.63) is 29.8 Å². The molecule has 7 nitrogen and oxygen atoms in total. The Bertz CT molecular complexity index is 585. The summed E-state index contributed by atoms with van der Waals surface area (Å²) < 4.78 is 15.8. The Morgan fingerprint density at radius 3 is 2.77 bits per heavy atom. The van der Waals surface area contributed by atoms with E-state index in [2.05, 4.69) is 5.32 Å². The van der Waals surface area contributed by atoms with Crippen LogP contribution in [-0.2, 0) is 14.3 Å². The van der Waals surface area contributed by atoms with Crippen LogP contribution in [0.15, 0.2) is 24.3 Å². The minimum atomic E-state index is -0.882. The number of carbonyl (C=O) groups excluding carboxylic acids is 1. The highest BCUT2D eigenvalue weighted by atomic mass is 16.5. The molecule has 0 spiro atoms. The number of carboxylic acids is 1. The first-order chi connectivity index (χ1) is 12.6. The number of ether oxygens (including phenoxy) is 3. The zero-order valence-corrected chi connectivity index (χ0v) is 15.1. The van der Waals surface area contributed by atoms with Gasteiger partial charge in [-0.15, -0.1) is 0 Å². The average Bonchev–Trinajstić information content (AvgIpc) is 2.66. The van der Waals surface area contributed by atoms with E-state index in [-0.39, 0.29) is 18.4 Å². The number of hydrogen-bond acceptors (Lipinski definition) is 5. The molecular weight excluding hydrogens is 338 g/mol. The number of carbonyl (C=O) groups is 2. The molecule has 1 aliphatic rings. The van der Waals surface area contributed by atoms with Gasteiger partial charge >= 0.3 is 5.97 Å². The molecule has 1 unspecified atom stereocenters. The predicted octanol–water partition coefficient (Wildman–Crippen LogP) is 1.96. The largest absolute Gasteiger partial charge is 0.493 e. The lowest BCUT2D eigenvalue weighted by Crippen LogP contribution is -2.39. The van der Waals surface area contributed by atoms with E-state index >= 15 is 0 Å². The second-order valence-electron chi connectivity index (χ2n) is 6.33. The van der Waals surface area contributed by atoms with Crippen LogP contribution in [0.2, 0.25) is 0 Å². The molecule has 0 saturated carbocycles. The van der Waals surface area contributed by atoms with E-state index in [1.54, 1.807) is 31.4 Å². The monoisotopic (exact) mass is 365 g/mol. The second kappa shape index (κ2) is 10.8. The molecule has 7 heteroatoms. The highest BCUT2D eigenvalue weighted by molar-refractivity contribution is 5.94. The van der Waals surface area contributed by atoms with Crippen LogP contribution >= 0.6 is 0 Å². The second-order valence-corrected chi connectivity index (χ2v) is 6.33. The Hall–Kier alpha value is -2.12. The Labute approximate surface area is 153 Å². The molecule has 0 aromatic heterocycles. The van der Waals surface area contributed by atoms with Gasteiger partial charge in [0, 0.05) is 45.5 Å². The van der Waals surface area contributed by atoms with Crippen molar-refractivity contribution in [3.8, 4) is 5.75 Å². The lowest BCUT2D eigenvalue weighted by Gasteiger charge is -2.27. The van der Waals surface area contributed by atoms with Crippen molar-refractivity contribution < 1.29 is 28.9 Å². The van der Waals surface area contributed by atoms with Gasteiger partial charge in [-0.05, 0) is 37.0 Å². The number of hydrogen-bond donors (Lipinski definition) is 2. The van der Waals surface area contributed by atoms with Gasteiger partial charge in [0.2, 0.25) is 0 Å². The maximum Gasteiger partial charge on any atom is 0.308 e. The first-order valence-electron chi connectivity index (χ1n) is 8.92. The van der Waals surface area contributed by atoms with Gasteiger partial charge in [-0.1, -0.05) is 6.07 Å². The first-order valence-corrected chi connectivity index (χ1v) is 8.92. The van der Waals surface area contributed by atoms with Crippen LogP contribution in [0, 0.1) is 11.8 Å². The van der Waals surface area contributed by atoms with Crippen molar-refractivity contribution in [1.29, 1.82) is 0 Å². The molecule has 1 saturated heterocycles. The predicted molar refractivity (Wildman–Crippen MR) is 95.4 cm³/mol. The quantitative estimate of drug-likeness (QED) is 0.616. The van der Waals surface area contributed by atoms with Gasteiger partial charge in [-0.3, -0.25) is 9.59 Å². The van der Waals surface area contributed by atoms with Crippen molar-refractivity contribution >= 4 is 11.9 Å². The fourth-order valence-corrected chi connectivity index (χ4v) is 3.00. The lowest BCUT2D eigenvalue weighted by molar-refractivity contribution is -0.144. The molecule has 0 radical (unpaired) electrons. The molecule has 0 aliphatic carbocycles. The minimum Gasteiger partial charge on any atom is -0.493 e. The molecule has 1 aromatic rings. The zero-order valence-electron chi connectivity index (χ0n) is 15.1. The van der Waals surface area contributed by atoms with E-state index in [1.807, 2.05) is 0 Å². The Balaban J connectivity index is 1.88. The third-order valence-electron chi connectivity index (χ3n) is 4.49. The van der Waals surface area contributed by atoms with Gasteiger partial charge in [0.25, 0.3) is 5.91 Å². The number of benzene rings is 1. The molecule has 26 heavy (non-hydrogen) atoms. The van der Waals surface area contributed by atoms with Gasteiger partial charge in [0.1, 0.15) is 5.75 Å². The summed E-state index contributed by atoms with van der Waals surface area (Å²) in [7, 11) is 1.63. The van der Waals surface area contributed by atoms with Crippen molar-refractivity contribution in [3.63, 3.8) is 0 Å². The number of rotatable bonds is 10.